The first-order chi connectivity index (χ1) is 10.9. The Morgan fingerprint density at radius 2 is 1.68 bits per heavy atom. The van der Waals surface area contributed by atoms with Crippen molar-refractivity contribution in [2.75, 3.05) is 0 Å². The molecule has 22 heavy (non-hydrogen) atoms. The zero-order valence-electron chi connectivity index (χ0n) is 12.4. The van der Waals surface area contributed by atoms with Gasteiger partial charge in [-0.1, -0.05) is 0 Å². The molecule has 1 aliphatic carbocycles. The van der Waals surface area contributed by atoms with Crippen LogP contribution in [0.2, 0.25) is 0 Å². The molecule has 0 bridgehead atoms. The predicted molar refractivity (Wildman–Crippen MR) is 99.7 cm³/mol. The van der Waals surface area contributed by atoms with Crippen molar-refractivity contribution in [3.63, 3.8) is 0 Å². The summed E-state index contributed by atoms with van der Waals surface area (Å²) in [6.07, 6.45) is 7.69. The van der Waals surface area contributed by atoms with Crippen LogP contribution in [-0.2, 0) is 0 Å². The summed E-state index contributed by atoms with van der Waals surface area (Å²) in [4.78, 5) is 1.56. The van der Waals surface area contributed by atoms with Crippen LogP contribution in [0.5, 0.6) is 0 Å². The van der Waals surface area contributed by atoms with Crippen molar-refractivity contribution in [1.82, 2.24) is 0 Å². The van der Waals surface area contributed by atoms with E-state index in [1.54, 1.807) is 14.9 Å². The van der Waals surface area contributed by atoms with Crippen molar-refractivity contribution in [2.45, 2.75) is 25.7 Å². The van der Waals surface area contributed by atoms with Crippen LogP contribution in [0.3, 0.4) is 0 Å². The van der Waals surface area contributed by atoms with E-state index in [1.807, 2.05) is 11.3 Å². The van der Waals surface area contributed by atoms with Crippen LogP contribution in [0.4, 0.5) is 0 Å². The molecule has 3 aromatic rings. The standard InChI is InChI=1S/C20H18SSe/c1-3-9-15(10-4-1)19-20(22-16-11-5-2-6-12-16)17-13-7-8-14-18(17)21-19/h2,5-9,11-14H,1,3-4,10H2. The van der Waals surface area contributed by atoms with Crippen LogP contribution >= 0.6 is 11.3 Å². The summed E-state index contributed by atoms with van der Waals surface area (Å²) in [5.41, 5.74) is 1.60. The Hall–Kier alpha value is -1.34. The van der Waals surface area contributed by atoms with Crippen molar-refractivity contribution >= 4 is 50.9 Å². The summed E-state index contributed by atoms with van der Waals surface area (Å²) in [7, 11) is 0. The normalized spacial score (nSPS) is 15.0. The third-order valence-electron chi connectivity index (χ3n) is 4.10. The van der Waals surface area contributed by atoms with Gasteiger partial charge in [0.05, 0.1) is 0 Å². The molecule has 0 saturated heterocycles. The molecule has 0 fully saturated rings. The van der Waals surface area contributed by atoms with Crippen LogP contribution < -0.4 is 8.92 Å². The van der Waals surface area contributed by atoms with Crippen LogP contribution in [0.1, 0.15) is 30.6 Å². The fourth-order valence-electron chi connectivity index (χ4n) is 2.99. The van der Waals surface area contributed by atoms with E-state index in [0.29, 0.717) is 15.0 Å². The minimum atomic E-state index is 0.383. The Kier molecular flexibility index (Phi) is 4.16. The van der Waals surface area contributed by atoms with Crippen LogP contribution in [0.25, 0.3) is 15.7 Å². The van der Waals surface area contributed by atoms with E-state index in [-0.39, 0.29) is 0 Å². The van der Waals surface area contributed by atoms with Gasteiger partial charge in [-0.2, -0.15) is 0 Å². The zero-order chi connectivity index (χ0) is 14.8. The fraction of sp³-hybridized carbons (Fsp3) is 0.200. The first kappa shape index (κ1) is 14.3. The maximum atomic E-state index is 2.48. The predicted octanol–water partition coefficient (Wildman–Crippen LogP) is 4.51. The molecule has 0 saturated carbocycles. The topological polar surface area (TPSA) is 0 Å². The van der Waals surface area contributed by atoms with Gasteiger partial charge in [0, 0.05) is 0 Å². The average Bonchev–Trinajstić information content (AvgIpc) is 2.95. The van der Waals surface area contributed by atoms with E-state index in [4.69, 9.17) is 0 Å². The number of thiophene rings is 1. The number of benzene rings is 2. The van der Waals surface area contributed by atoms with E-state index in [0.717, 1.165) is 0 Å². The average molecular weight is 369 g/mol. The molecule has 0 aliphatic heterocycles. The number of allylic oxidation sites excluding steroid dienone is 2. The second kappa shape index (κ2) is 6.42. The molecule has 1 aromatic heterocycles. The molecule has 0 N–H and O–H groups in total. The van der Waals surface area contributed by atoms with Crippen molar-refractivity contribution in [3.05, 3.63) is 65.6 Å². The summed E-state index contributed by atoms with van der Waals surface area (Å²) < 4.78 is 4.50. The molecule has 0 spiro atoms. The van der Waals surface area contributed by atoms with Crippen LogP contribution in [-0.4, -0.2) is 15.0 Å². The van der Waals surface area contributed by atoms with Crippen molar-refractivity contribution in [3.8, 4) is 0 Å². The van der Waals surface area contributed by atoms with Gasteiger partial charge >= 0.3 is 142 Å². The van der Waals surface area contributed by atoms with Crippen molar-refractivity contribution in [2.24, 2.45) is 0 Å². The number of rotatable bonds is 3. The van der Waals surface area contributed by atoms with Gasteiger partial charge in [0.15, 0.2) is 0 Å². The second-order valence-electron chi connectivity index (χ2n) is 5.65. The number of hydrogen-bond acceptors (Lipinski definition) is 1. The van der Waals surface area contributed by atoms with E-state index >= 15 is 0 Å². The molecule has 1 aliphatic rings. The van der Waals surface area contributed by atoms with Crippen LogP contribution in [0.15, 0.2) is 60.7 Å². The van der Waals surface area contributed by atoms with Gasteiger partial charge < -0.3 is 0 Å². The van der Waals surface area contributed by atoms with E-state index < -0.39 is 0 Å². The molecule has 110 valence electrons. The monoisotopic (exact) mass is 370 g/mol. The van der Waals surface area contributed by atoms with E-state index in [9.17, 15) is 0 Å². The Labute approximate surface area is 142 Å². The van der Waals surface area contributed by atoms with E-state index in [1.165, 1.54) is 40.2 Å². The van der Waals surface area contributed by atoms with Gasteiger partial charge in [-0.25, -0.2) is 0 Å². The number of fused-ring (bicyclic) bond motifs is 1. The third-order valence-corrected chi connectivity index (χ3v) is 8.02. The molecule has 0 radical (unpaired) electrons. The van der Waals surface area contributed by atoms with Gasteiger partial charge in [-0.05, 0) is 0 Å². The quantitative estimate of drug-likeness (QED) is 0.596. The molecule has 2 heteroatoms. The first-order valence-corrected chi connectivity index (χ1v) is 10.4. The summed E-state index contributed by atoms with van der Waals surface area (Å²) in [6.45, 7) is 0. The van der Waals surface area contributed by atoms with Gasteiger partial charge in [0.25, 0.3) is 0 Å². The van der Waals surface area contributed by atoms with Gasteiger partial charge in [0.2, 0.25) is 0 Å². The Morgan fingerprint density at radius 1 is 0.864 bits per heavy atom. The second-order valence-corrected chi connectivity index (χ2v) is 8.97. The zero-order valence-corrected chi connectivity index (χ0v) is 14.9. The van der Waals surface area contributed by atoms with Crippen molar-refractivity contribution in [1.29, 1.82) is 0 Å². The third kappa shape index (κ3) is 2.79. The van der Waals surface area contributed by atoms with Gasteiger partial charge in [-0.3, -0.25) is 0 Å². The first-order valence-electron chi connectivity index (χ1n) is 7.86. The molecule has 0 unspecified atom stereocenters. The molecular formula is C20H18SSe. The Balaban J connectivity index is 1.84. The summed E-state index contributed by atoms with van der Waals surface area (Å²) in [5, 5.41) is 1.47. The maximum absolute atomic E-state index is 2.48. The van der Waals surface area contributed by atoms with Gasteiger partial charge in [0.1, 0.15) is 0 Å². The summed E-state index contributed by atoms with van der Waals surface area (Å²) in [5.74, 6) is 0. The molecule has 0 amide bonds. The minimum absolute atomic E-state index is 0.383. The summed E-state index contributed by atoms with van der Waals surface area (Å²) >= 11 is 2.38. The molecule has 0 atom stereocenters. The van der Waals surface area contributed by atoms with E-state index in [2.05, 4.69) is 60.7 Å². The molecule has 4 rings (SSSR count). The summed E-state index contributed by atoms with van der Waals surface area (Å²) in [6, 6.07) is 19.9. The van der Waals surface area contributed by atoms with Crippen molar-refractivity contribution < 1.29 is 0 Å². The molecule has 0 nitrogen and oxygen atoms in total. The molecule has 1 heterocycles. The van der Waals surface area contributed by atoms with Crippen LogP contribution in [0, 0.1) is 0 Å². The Morgan fingerprint density at radius 3 is 2.50 bits per heavy atom. The van der Waals surface area contributed by atoms with Gasteiger partial charge in [-0.15, -0.1) is 0 Å². The number of hydrogen-bond donors (Lipinski definition) is 0. The molecular weight excluding hydrogens is 351 g/mol. The molecule has 2 aromatic carbocycles. The SMILES string of the molecule is C1=C(c2sc3ccccc3c2[Se]c2ccccc2)CCCC1. The Bertz CT molecular complexity index is 814. The fourth-order valence-corrected chi connectivity index (χ4v) is 6.96.